The fraction of sp³-hybridized carbons (Fsp3) is 0. The van der Waals surface area contributed by atoms with Crippen LogP contribution in [-0.4, -0.2) is 19.5 Å². The maximum atomic E-state index is 6.20. The van der Waals surface area contributed by atoms with Gasteiger partial charge in [0.25, 0.3) is 0 Å². The minimum Gasteiger partial charge on any atom is -0.456 e. The molecular weight excluding hydrogens is 554 g/mol. The van der Waals surface area contributed by atoms with Gasteiger partial charge in [-0.15, -0.1) is 0 Å². The van der Waals surface area contributed by atoms with E-state index in [-0.39, 0.29) is 0 Å². The van der Waals surface area contributed by atoms with Crippen molar-refractivity contribution in [1.82, 2.24) is 19.5 Å². The van der Waals surface area contributed by atoms with Crippen molar-refractivity contribution in [3.8, 4) is 51.0 Å². The monoisotopic (exact) mass is 577 g/mol. The maximum Gasteiger partial charge on any atom is 0.220 e. The molecule has 0 amide bonds. The van der Waals surface area contributed by atoms with Gasteiger partial charge in [0.15, 0.2) is 5.82 Å². The Morgan fingerprint density at radius 2 is 1.16 bits per heavy atom. The molecule has 45 heavy (non-hydrogen) atoms. The van der Waals surface area contributed by atoms with Crippen LogP contribution in [-0.2, 0) is 0 Å². The molecule has 0 radical (unpaired) electrons. The van der Waals surface area contributed by atoms with Crippen LogP contribution in [0.2, 0.25) is 0 Å². The zero-order chi connectivity index (χ0) is 29.5. The number of aromatic nitrogens is 4. The molecule has 0 atom stereocenters. The van der Waals surface area contributed by atoms with E-state index in [9.17, 15) is 0 Å². The first-order chi connectivity index (χ1) is 22.3. The number of benzene rings is 6. The Morgan fingerprint density at radius 3 is 2.02 bits per heavy atom. The molecule has 2 aliphatic rings. The third kappa shape index (κ3) is 3.48. The van der Waals surface area contributed by atoms with E-state index in [0.29, 0.717) is 5.82 Å². The quantitative estimate of drug-likeness (QED) is 0.205. The van der Waals surface area contributed by atoms with Crippen LogP contribution >= 0.6 is 0 Å². The molecule has 6 nitrogen and oxygen atoms in total. The summed E-state index contributed by atoms with van der Waals surface area (Å²) in [5.74, 6) is 3.11. The van der Waals surface area contributed by atoms with Gasteiger partial charge >= 0.3 is 0 Å². The molecule has 0 aliphatic carbocycles. The van der Waals surface area contributed by atoms with Crippen LogP contribution in [0.3, 0.4) is 0 Å². The molecule has 8 aromatic rings. The molecule has 2 aromatic heterocycles. The summed E-state index contributed by atoms with van der Waals surface area (Å²) in [4.78, 5) is 17.5. The van der Waals surface area contributed by atoms with Crippen LogP contribution in [0.1, 0.15) is 0 Å². The van der Waals surface area contributed by atoms with Gasteiger partial charge in [0.1, 0.15) is 11.5 Å². The first-order valence-corrected chi connectivity index (χ1v) is 15.0. The van der Waals surface area contributed by atoms with Crippen molar-refractivity contribution in [3.05, 3.63) is 140 Å². The van der Waals surface area contributed by atoms with Crippen molar-refractivity contribution in [2.24, 2.45) is 0 Å². The second-order valence-corrected chi connectivity index (χ2v) is 11.3. The lowest BCUT2D eigenvalue weighted by atomic mass is 10.0. The highest BCUT2D eigenvalue weighted by Gasteiger charge is 2.29. The number of ether oxygens (including phenoxy) is 1. The van der Waals surface area contributed by atoms with Crippen molar-refractivity contribution < 1.29 is 4.74 Å². The second-order valence-electron chi connectivity index (χ2n) is 11.3. The van der Waals surface area contributed by atoms with Crippen molar-refractivity contribution in [2.45, 2.75) is 0 Å². The molecule has 2 aliphatic heterocycles. The normalized spacial score (nSPS) is 12.6. The van der Waals surface area contributed by atoms with Gasteiger partial charge in [0, 0.05) is 27.9 Å². The van der Waals surface area contributed by atoms with Gasteiger partial charge in [-0.2, -0.15) is 0 Å². The summed E-state index contributed by atoms with van der Waals surface area (Å²) in [5, 5.41) is 0.941. The van der Waals surface area contributed by atoms with Crippen LogP contribution in [0.25, 0.3) is 61.4 Å². The van der Waals surface area contributed by atoms with E-state index in [1.54, 1.807) is 0 Å². The lowest BCUT2D eigenvalue weighted by Gasteiger charge is -2.24. The van der Waals surface area contributed by atoms with E-state index in [0.717, 1.165) is 78.8 Å². The molecule has 0 unspecified atom stereocenters. The summed E-state index contributed by atoms with van der Waals surface area (Å²) in [6, 6.07) is 47.9. The average Bonchev–Trinajstić information content (AvgIpc) is 3.42. The largest absolute Gasteiger partial charge is 0.456 e. The summed E-state index contributed by atoms with van der Waals surface area (Å²) in [6.45, 7) is 0. The van der Waals surface area contributed by atoms with Crippen LogP contribution in [0.4, 0.5) is 17.3 Å². The van der Waals surface area contributed by atoms with Gasteiger partial charge in [-0.05, 0) is 72.8 Å². The molecule has 4 heterocycles. The molecule has 10 rings (SSSR count). The Balaban J connectivity index is 1.16. The highest BCUT2D eigenvalue weighted by atomic mass is 16.5. The lowest BCUT2D eigenvalue weighted by Crippen LogP contribution is -2.14. The summed E-state index contributed by atoms with van der Waals surface area (Å²) < 4.78 is 8.47. The highest BCUT2D eigenvalue weighted by Crippen LogP contribution is 2.48. The number of para-hydroxylation sites is 5. The van der Waals surface area contributed by atoms with Gasteiger partial charge in [-0.25, -0.2) is 15.0 Å². The van der Waals surface area contributed by atoms with Crippen molar-refractivity contribution in [3.63, 3.8) is 0 Å². The Hall–Kier alpha value is -6.27. The summed E-state index contributed by atoms with van der Waals surface area (Å²) in [6.07, 6.45) is 0. The Kier molecular flexibility index (Phi) is 4.90. The topological polar surface area (TPSA) is 56.1 Å². The molecule has 0 saturated carbocycles. The number of hydrogen-bond donors (Lipinski definition) is 0. The molecule has 0 spiro atoms. The average molecular weight is 578 g/mol. The lowest BCUT2D eigenvalue weighted by molar-refractivity contribution is 0.486. The molecule has 0 fully saturated rings. The van der Waals surface area contributed by atoms with Gasteiger partial charge in [0.05, 0.1) is 39.0 Å². The minimum absolute atomic E-state index is 0.675. The predicted molar refractivity (Wildman–Crippen MR) is 179 cm³/mol. The minimum atomic E-state index is 0.675. The molecule has 210 valence electrons. The van der Waals surface area contributed by atoms with Crippen molar-refractivity contribution in [1.29, 1.82) is 0 Å². The smallest absolute Gasteiger partial charge is 0.220 e. The van der Waals surface area contributed by atoms with Gasteiger partial charge in [0.2, 0.25) is 5.95 Å². The SMILES string of the molecule is c1ccc2c(c1)Oc1cccc3nc(-c4ccc(N5c6ccccc6-c6ccccc6-n6c5nc5ccccc56)cc4)nc-2c13. The van der Waals surface area contributed by atoms with E-state index in [1.165, 1.54) is 5.56 Å². The number of imidazole rings is 1. The fourth-order valence-corrected chi connectivity index (χ4v) is 6.75. The standard InChI is InChI=1S/C39H23N5O/c1-5-15-31-26(10-1)27-11-2-6-16-32(27)44-33-17-7-4-13-29(33)41-39(44)43(31)25-22-20-24(21-23-25)38-40-30-14-9-19-35-36(30)37(42-38)28-12-3-8-18-34(28)45-35/h1-23H. The van der Waals surface area contributed by atoms with Gasteiger partial charge in [-0.3, -0.25) is 9.47 Å². The maximum absolute atomic E-state index is 6.20. The van der Waals surface area contributed by atoms with Crippen molar-refractivity contribution >= 4 is 39.3 Å². The molecule has 0 N–H and O–H groups in total. The molecule has 6 heteroatoms. The highest BCUT2D eigenvalue weighted by molar-refractivity contribution is 6.01. The zero-order valence-corrected chi connectivity index (χ0v) is 23.9. The fourth-order valence-electron chi connectivity index (χ4n) is 6.75. The van der Waals surface area contributed by atoms with Crippen molar-refractivity contribution in [2.75, 3.05) is 4.90 Å². The Bertz CT molecular complexity index is 2480. The number of rotatable bonds is 2. The van der Waals surface area contributed by atoms with E-state index in [1.807, 2.05) is 42.5 Å². The van der Waals surface area contributed by atoms with E-state index < -0.39 is 0 Å². The van der Waals surface area contributed by atoms with Crippen LogP contribution in [0, 0.1) is 0 Å². The summed E-state index contributed by atoms with van der Waals surface area (Å²) in [5.41, 5.74) is 11.2. The predicted octanol–water partition coefficient (Wildman–Crippen LogP) is 9.86. The third-order valence-corrected chi connectivity index (χ3v) is 8.75. The molecule has 6 aromatic carbocycles. The first kappa shape index (κ1) is 24.2. The zero-order valence-electron chi connectivity index (χ0n) is 23.9. The van der Waals surface area contributed by atoms with Gasteiger partial charge < -0.3 is 4.74 Å². The second kappa shape index (κ2) is 9.11. The number of hydrogen-bond acceptors (Lipinski definition) is 5. The van der Waals surface area contributed by atoms with Crippen LogP contribution in [0.5, 0.6) is 11.5 Å². The Morgan fingerprint density at radius 1 is 0.489 bits per heavy atom. The summed E-state index contributed by atoms with van der Waals surface area (Å²) >= 11 is 0. The third-order valence-electron chi connectivity index (χ3n) is 8.75. The first-order valence-electron chi connectivity index (χ1n) is 15.0. The molecular formula is C39H23N5O. The van der Waals surface area contributed by atoms with Crippen LogP contribution in [0.15, 0.2) is 140 Å². The van der Waals surface area contributed by atoms with E-state index in [2.05, 4.69) is 107 Å². The summed E-state index contributed by atoms with van der Waals surface area (Å²) in [7, 11) is 0. The number of anilines is 3. The Labute approximate surface area is 258 Å². The van der Waals surface area contributed by atoms with E-state index in [4.69, 9.17) is 19.7 Å². The van der Waals surface area contributed by atoms with Crippen LogP contribution < -0.4 is 9.64 Å². The molecule has 0 bridgehead atoms. The number of fused-ring (bicyclic) bond motifs is 9. The number of nitrogens with zero attached hydrogens (tertiary/aromatic N) is 5. The molecule has 0 saturated heterocycles. The van der Waals surface area contributed by atoms with Gasteiger partial charge in [-0.1, -0.05) is 66.7 Å². The van der Waals surface area contributed by atoms with E-state index >= 15 is 0 Å².